The number of thioether (sulfide) groups is 1. The van der Waals surface area contributed by atoms with Crippen LogP contribution in [0.25, 0.3) is 0 Å². The second-order valence-corrected chi connectivity index (χ2v) is 5.09. The van der Waals surface area contributed by atoms with E-state index < -0.39 is 0 Å². The van der Waals surface area contributed by atoms with Crippen molar-refractivity contribution in [2.75, 3.05) is 12.3 Å². The lowest BCUT2D eigenvalue weighted by Gasteiger charge is -2.04. The molecule has 17 heavy (non-hydrogen) atoms. The number of benzene rings is 1. The highest BCUT2D eigenvalue weighted by Gasteiger charge is 2.01. The fraction of sp³-hybridized carbons (Fsp3) is 0.333. The Labute approximate surface area is 111 Å². The zero-order valence-corrected chi connectivity index (χ0v) is 11.2. The molecule has 0 unspecified atom stereocenters. The van der Waals surface area contributed by atoms with Crippen molar-refractivity contribution in [3.63, 3.8) is 0 Å². The Hall–Kier alpha value is -1.07. The third-order valence-corrected chi connectivity index (χ3v) is 3.25. The molecule has 1 amide bonds. The number of hydrogen-bond acceptors (Lipinski definition) is 3. The summed E-state index contributed by atoms with van der Waals surface area (Å²) in [6, 6.07) is 9.86. The van der Waals surface area contributed by atoms with Crippen LogP contribution >= 0.6 is 24.0 Å². The Morgan fingerprint density at radius 1 is 1.35 bits per heavy atom. The first-order chi connectivity index (χ1) is 8.18. The highest BCUT2D eigenvalue weighted by molar-refractivity contribution is 8.00. The predicted molar refractivity (Wildman–Crippen MR) is 76.2 cm³/mol. The molecule has 0 atom stereocenters. The summed E-state index contributed by atoms with van der Waals surface area (Å²) in [6.07, 6.45) is 1.48. The first kappa shape index (κ1) is 14.0. The molecule has 0 aliphatic rings. The molecule has 0 bridgehead atoms. The van der Waals surface area contributed by atoms with Gasteiger partial charge in [0.2, 0.25) is 5.91 Å². The van der Waals surface area contributed by atoms with E-state index >= 15 is 0 Å². The summed E-state index contributed by atoms with van der Waals surface area (Å²) in [4.78, 5) is 13.1. The van der Waals surface area contributed by atoms with Gasteiger partial charge in [-0.15, -0.1) is 11.8 Å². The minimum atomic E-state index is 0.0433. The van der Waals surface area contributed by atoms with E-state index in [0.717, 1.165) is 11.3 Å². The molecule has 0 aromatic heterocycles. The van der Waals surface area contributed by atoms with Gasteiger partial charge >= 0.3 is 0 Å². The van der Waals surface area contributed by atoms with E-state index in [0.29, 0.717) is 23.7 Å². The summed E-state index contributed by atoms with van der Waals surface area (Å²) in [6.45, 7) is 0.630. The van der Waals surface area contributed by atoms with Crippen LogP contribution in [-0.4, -0.2) is 23.2 Å². The topological polar surface area (TPSA) is 55.1 Å². The van der Waals surface area contributed by atoms with E-state index in [2.05, 4.69) is 5.32 Å². The van der Waals surface area contributed by atoms with Gasteiger partial charge < -0.3 is 11.1 Å². The molecule has 92 valence electrons. The largest absolute Gasteiger partial charge is 0.393 e. The number of amides is 1. The van der Waals surface area contributed by atoms with Crippen LogP contribution in [0.2, 0.25) is 0 Å². The predicted octanol–water partition coefficient (Wildman–Crippen LogP) is 1.96. The van der Waals surface area contributed by atoms with Gasteiger partial charge in [-0.05, 0) is 25.0 Å². The normalized spacial score (nSPS) is 9.88. The monoisotopic (exact) mass is 268 g/mol. The molecule has 0 spiro atoms. The third kappa shape index (κ3) is 6.97. The van der Waals surface area contributed by atoms with Gasteiger partial charge in [-0.2, -0.15) is 0 Å². The van der Waals surface area contributed by atoms with Crippen molar-refractivity contribution < 1.29 is 4.79 Å². The average molecular weight is 268 g/mol. The second-order valence-electron chi connectivity index (χ2n) is 3.52. The number of carbonyl (C=O) groups is 1. The van der Waals surface area contributed by atoms with E-state index in [9.17, 15) is 4.79 Å². The molecule has 1 aromatic carbocycles. The molecule has 0 saturated carbocycles. The van der Waals surface area contributed by atoms with E-state index in [1.807, 2.05) is 30.3 Å². The molecule has 3 N–H and O–H groups in total. The molecule has 0 aliphatic carbocycles. The van der Waals surface area contributed by atoms with Crippen LogP contribution in [-0.2, 0) is 4.79 Å². The van der Waals surface area contributed by atoms with E-state index in [1.54, 1.807) is 0 Å². The minimum absolute atomic E-state index is 0.0433. The summed E-state index contributed by atoms with van der Waals surface area (Å²) >= 11 is 6.28. The van der Waals surface area contributed by atoms with Crippen LogP contribution in [0.1, 0.15) is 12.8 Å². The number of rotatable bonds is 7. The summed E-state index contributed by atoms with van der Waals surface area (Å²) in [5.74, 6) is 0.485. The van der Waals surface area contributed by atoms with Crippen LogP contribution in [0.15, 0.2) is 35.2 Å². The van der Waals surface area contributed by atoms with Gasteiger partial charge in [0, 0.05) is 11.4 Å². The van der Waals surface area contributed by atoms with Crippen LogP contribution in [0.5, 0.6) is 0 Å². The standard InChI is InChI=1S/C12H16N2OS2/c13-11(16)7-4-8-14-12(15)9-17-10-5-2-1-3-6-10/h1-3,5-6H,4,7-9H2,(H2,13,16)(H,14,15). The van der Waals surface area contributed by atoms with Crippen molar-refractivity contribution >= 4 is 34.9 Å². The van der Waals surface area contributed by atoms with Crippen molar-refractivity contribution in [2.45, 2.75) is 17.7 Å². The Balaban J connectivity index is 2.11. The Morgan fingerprint density at radius 2 is 2.06 bits per heavy atom. The number of thiocarbonyl (C=S) groups is 1. The Kier molecular flexibility index (Phi) is 6.65. The van der Waals surface area contributed by atoms with E-state index in [4.69, 9.17) is 18.0 Å². The quantitative estimate of drug-likeness (QED) is 0.451. The van der Waals surface area contributed by atoms with Crippen molar-refractivity contribution in [3.05, 3.63) is 30.3 Å². The maximum absolute atomic E-state index is 11.5. The summed E-state index contributed by atoms with van der Waals surface area (Å²) < 4.78 is 0. The van der Waals surface area contributed by atoms with Gasteiger partial charge in [-0.3, -0.25) is 4.79 Å². The molecular weight excluding hydrogens is 252 g/mol. The first-order valence-electron chi connectivity index (χ1n) is 5.41. The Morgan fingerprint density at radius 3 is 2.71 bits per heavy atom. The van der Waals surface area contributed by atoms with Crippen molar-refractivity contribution in [1.29, 1.82) is 0 Å². The molecular formula is C12H16N2OS2. The SMILES string of the molecule is NC(=S)CCCNC(=O)CSc1ccccc1. The van der Waals surface area contributed by atoms with Gasteiger partial charge in [0.1, 0.15) is 0 Å². The molecule has 0 heterocycles. The lowest BCUT2D eigenvalue weighted by atomic mass is 10.3. The maximum Gasteiger partial charge on any atom is 0.230 e. The molecule has 0 fully saturated rings. The van der Waals surface area contributed by atoms with E-state index in [-0.39, 0.29) is 5.91 Å². The van der Waals surface area contributed by atoms with Crippen LogP contribution in [0.3, 0.4) is 0 Å². The van der Waals surface area contributed by atoms with Gasteiger partial charge in [-0.1, -0.05) is 30.4 Å². The summed E-state index contributed by atoms with van der Waals surface area (Å²) in [5.41, 5.74) is 5.36. The van der Waals surface area contributed by atoms with Gasteiger partial charge in [0.05, 0.1) is 10.7 Å². The summed E-state index contributed by atoms with van der Waals surface area (Å²) in [5, 5.41) is 2.83. The number of hydrogen-bond donors (Lipinski definition) is 2. The molecule has 1 aromatic rings. The summed E-state index contributed by atoms with van der Waals surface area (Å²) in [7, 11) is 0. The van der Waals surface area contributed by atoms with E-state index in [1.165, 1.54) is 11.8 Å². The fourth-order valence-electron chi connectivity index (χ4n) is 1.21. The number of nitrogens with one attached hydrogen (secondary N) is 1. The maximum atomic E-state index is 11.5. The van der Waals surface area contributed by atoms with Crippen LogP contribution in [0.4, 0.5) is 0 Å². The molecule has 0 radical (unpaired) electrons. The van der Waals surface area contributed by atoms with Crippen LogP contribution in [0, 0.1) is 0 Å². The molecule has 0 saturated heterocycles. The zero-order chi connectivity index (χ0) is 12.5. The molecule has 0 aliphatic heterocycles. The third-order valence-electron chi connectivity index (χ3n) is 2.04. The van der Waals surface area contributed by atoms with Gasteiger partial charge in [0.25, 0.3) is 0 Å². The average Bonchev–Trinajstić information content (AvgIpc) is 2.33. The highest BCUT2D eigenvalue weighted by Crippen LogP contribution is 2.16. The lowest BCUT2D eigenvalue weighted by Crippen LogP contribution is -2.26. The minimum Gasteiger partial charge on any atom is -0.393 e. The van der Waals surface area contributed by atoms with Crippen molar-refractivity contribution in [2.24, 2.45) is 5.73 Å². The van der Waals surface area contributed by atoms with Gasteiger partial charge in [0.15, 0.2) is 0 Å². The number of nitrogens with two attached hydrogens (primary N) is 1. The Bertz CT molecular complexity index is 368. The fourth-order valence-corrected chi connectivity index (χ4v) is 2.10. The van der Waals surface area contributed by atoms with Crippen molar-refractivity contribution in [3.8, 4) is 0 Å². The van der Waals surface area contributed by atoms with Crippen LogP contribution < -0.4 is 11.1 Å². The first-order valence-corrected chi connectivity index (χ1v) is 6.80. The molecule has 5 heteroatoms. The number of carbonyl (C=O) groups excluding carboxylic acids is 1. The zero-order valence-electron chi connectivity index (χ0n) is 9.52. The van der Waals surface area contributed by atoms with Crippen molar-refractivity contribution in [1.82, 2.24) is 5.32 Å². The van der Waals surface area contributed by atoms with Gasteiger partial charge in [-0.25, -0.2) is 0 Å². The molecule has 1 rings (SSSR count). The lowest BCUT2D eigenvalue weighted by molar-refractivity contribution is -0.118. The second kappa shape index (κ2) is 8.08. The highest BCUT2D eigenvalue weighted by atomic mass is 32.2. The molecule has 3 nitrogen and oxygen atoms in total. The smallest absolute Gasteiger partial charge is 0.230 e.